The van der Waals surface area contributed by atoms with Gasteiger partial charge in [-0.2, -0.15) is 0 Å². The monoisotopic (exact) mass is 383 g/mol. The smallest absolute Gasteiger partial charge is 0.412 e. The molecule has 1 amide bonds. The summed E-state index contributed by atoms with van der Waals surface area (Å²) in [5.41, 5.74) is 1.88. The zero-order valence-corrected chi connectivity index (χ0v) is 15.3. The predicted octanol–water partition coefficient (Wildman–Crippen LogP) is 4.87. The van der Waals surface area contributed by atoms with Gasteiger partial charge in [0.1, 0.15) is 17.2 Å². The molecule has 3 aromatic rings. The number of hydrogen-bond acceptors (Lipinski definition) is 5. The summed E-state index contributed by atoms with van der Waals surface area (Å²) >= 11 is 1.08. The van der Waals surface area contributed by atoms with Crippen LogP contribution in [0.3, 0.4) is 0 Å². The Hall–Kier alpha value is -3.32. The number of carbonyl (C=O) groups is 2. The van der Waals surface area contributed by atoms with Crippen LogP contribution in [0.1, 0.15) is 15.2 Å². The van der Waals surface area contributed by atoms with Gasteiger partial charge in [-0.25, -0.2) is 9.59 Å². The maximum Gasteiger partial charge on any atom is 0.412 e. The maximum absolute atomic E-state index is 12.1. The highest BCUT2D eigenvalue weighted by Gasteiger charge is 2.19. The summed E-state index contributed by atoms with van der Waals surface area (Å²) in [7, 11) is 1.58. The van der Waals surface area contributed by atoms with Gasteiger partial charge in [-0.05, 0) is 41.5 Å². The highest BCUT2D eigenvalue weighted by atomic mass is 32.1. The van der Waals surface area contributed by atoms with E-state index in [0.717, 1.165) is 22.5 Å². The van der Waals surface area contributed by atoms with E-state index >= 15 is 0 Å². The highest BCUT2D eigenvalue weighted by molar-refractivity contribution is 7.18. The lowest BCUT2D eigenvalue weighted by Gasteiger charge is -2.06. The average Bonchev–Trinajstić information content (AvgIpc) is 3.11. The molecule has 0 fully saturated rings. The molecule has 2 aromatic carbocycles. The fourth-order valence-corrected chi connectivity index (χ4v) is 3.37. The third-order valence-corrected chi connectivity index (χ3v) is 4.92. The van der Waals surface area contributed by atoms with Crippen molar-refractivity contribution in [3.63, 3.8) is 0 Å². The molecule has 0 radical (unpaired) electrons. The number of benzene rings is 2. The number of rotatable bonds is 6. The lowest BCUT2D eigenvalue weighted by molar-refractivity contribution is 0.0703. The van der Waals surface area contributed by atoms with E-state index in [9.17, 15) is 14.7 Å². The molecule has 1 aromatic heterocycles. The Labute approximate surface area is 160 Å². The maximum atomic E-state index is 12.1. The van der Waals surface area contributed by atoms with Crippen molar-refractivity contribution in [1.82, 2.24) is 0 Å². The van der Waals surface area contributed by atoms with Crippen molar-refractivity contribution in [2.24, 2.45) is 0 Å². The first kappa shape index (κ1) is 18.5. The van der Waals surface area contributed by atoms with Crippen LogP contribution in [0.15, 0.2) is 60.7 Å². The lowest BCUT2D eigenvalue weighted by Crippen LogP contribution is -2.14. The van der Waals surface area contributed by atoms with Crippen LogP contribution in [0, 0.1) is 0 Å². The highest BCUT2D eigenvalue weighted by Crippen LogP contribution is 2.35. The fraction of sp³-hybridized carbons (Fsp3) is 0.100. The Kier molecular flexibility index (Phi) is 5.73. The third kappa shape index (κ3) is 4.65. The number of amides is 1. The summed E-state index contributed by atoms with van der Waals surface area (Å²) in [6.45, 7) is 0.102. The van der Waals surface area contributed by atoms with Crippen LogP contribution in [-0.4, -0.2) is 24.3 Å². The van der Waals surface area contributed by atoms with Crippen molar-refractivity contribution in [2.75, 3.05) is 12.4 Å². The lowest BCUT2D eigenvalue weighted by atomic mass is 10.2. The molecule has 0 spiro atoms. The molecule has 0 saturated carbocycles. The second-order valence-corrected chi connectivity index (χ2v) is 6.63. The molecule has 0 unspecified atom stereocenters. The minimum Gasteiger partial charge on any atom is -0.497 e. The van der Waals surface area contributed by atoms with Gasteiger partial charge in [0.15, 0.2) is 0 Å². The summed E-state index contributed by atoms with van der Waals surface area (Å²) in [4.78, 5) is 24.3. The van der Waals surface area contributed by atoms with Crippen molar-refractivity contribution < 1.29 is 24.2 Å². The molecule has 2 N–H and O–H groups in total. The summed E-state index contributed by atoms with van der Waals surface area (Å²) in [5.74, 6) is -0.408. The first-order valence-corrected chi connectivity index (χ1v) is 8.87. The Morgan fingerprint density at radius 1 is 1.07 bits per heavy atom. The normalized spacial score (nSPS) is 10.3. The number of carboxylic acids is 1. The van der Waals surface area contributed by atoms with Gasteiger partial charge in [0.05, 0.1) is 12.8 Å². The second-order valence-electron chi connectivity index (χ2n) is 5.57. The third-order valence-electron chi connectivity index (χ3n) is 3.75. The molecule has 0 aliphatic heterocycles. The van der Waals surface area contributed by atoms with E-state index in [1.165, 1.54) is 0 Å². The number of anilines is 1. The molecule has 0 bridgehead atoms. The van der Waals surface area contributed by atoms with E-state index in [2.05, 4.69) is 5.32 Å². The molecule has 0 atom stereocenters. The van der Waals surface area contributed by atoms with Gasteiger partial charge in [0.2, 0.25) is 0 Å². The summed E-state index contributed by atoms with van der Waals surface area (Å²) in [6, 6.07) is 18.1. The Morgan fingerprint density at radius 3 is 2.41 bits per heavy atom. The summed E-state index contributed by atoms with van der Waals surface area (Å²) in [5, 5.41) is 11.9. The van der Waals surface area contributed by atoms with Gasteiger partial charge in [0.25, 0.3) is 0 Å². The van der Waals surface area contributed by atoms with Gasteiger partial charge in [-0.15, -0.1) is 11.3 Å². The standard InChI is InChI=1S/C20H17NO5S/c1-25-15-9-7-14(8-10-15)17-11-16(18(27-17)19(22)23)21-20(24)26-12-13-5-3-2-4-6-13/h2-11H,12H2,1H3,(H,21,24)(H,22,23). The van der Waals surface area contributed by atoms with Gasteiger partial charge in [-0.3, -0.25) is 5.32 Å². The van der Waals surface area contributed by atoms with Crippen LogP contribution in [0.2, 0.25) is 0 Å². The van der Waals surface area contributed by atoms with Crippen molar-refractivity contribution >= 4 is 29.1 Å². The number of aromatic carboxylic acids is 1. The first-order valence-electron chi connectivity index (χ1n) is 8.06. The van der Waals surface area contributed by atoms with Crippen LogP contribution < -0.4 is 10.1 Å². The molecule has 138 valence electrons. The predicted molar refractivity (Wildman–Crippen MR) is 104 cm³/mol. The SMILES string of the molecule is COc1ccc(-c2cc(NC(=O)OCc3ccccc3)c(C(=O)O)s2)cc1. The first-order chi connectivity index (χ1) is 13.1. The molecular formula is C20H17NO5S. The quantitative estimate of drug-likeness (QED) is 0.634. The van der Waals surface area contributed by atoms with Crippen LogP contribution in [0.4, 0.5) is 10.5 Å². The van der Waals surface area contributed by atoms with Crippen LogP contribution >= 0.6 is 11.3 Å². The largest absolute Gasteiger partial charge is 0.497 e. The molecule has 0 saturated heterocycles. The van der Waals surface area contributed by atoms with Gasteiger partial charge < -0.3 is 14.6 Å². The number of carboxylic acid groups (broad SMARTS) is 1. The van der Waals surface area contributed by atoms with Crippen molar-refractivity contribution in [2.45, 2.75) is 6.61 Å². The molecule has 6 nitrogen and oxygen atoms in total. The Morgan fingerprint density at radius 2 is 1.78 bits per heavy atom. The number of ether oxygens (including phenoxy) is 2. The van der Waals surface area contributed by atoms with E-state index in [1.54, 1.807) is 25.3 Å². The minimum atomic E-state index is -1.11. The second kappa shape index (κ2) is 8.37. The van der Waals surface area contributed by atoms with E-state index in [1.807, 2.05) is 42.5 Å². The number of carbonyl (C=O) groups excluding carboxylic acids is 1. The topological polar surface area (TPSA) is 84.9 Å². The summed E-state index contributed by atoms with van der Waals surface area (Å²) in [6.07, 6.45) is -0.708. The van der Waals surface area contributed by atoms with Gasteiger partial charge in [-0.1, -0.05) is 30.3 Å². The molecule has 0 aliphatic rings. The average molecular weight is 383 g/mol. The zero-order chi connectivity index (χ0) is 19.2. The number of thiophene rings is 1. The van der Waals surface area contributed by atoms with E-state index < -0.39 is 12.1 Å². The molecule has 1 heterocycles. The number of methoxy groups -OCH3 is 1. The van der Waals surface area contributed by atoms with Crippen molar-refractivity contribution in [1.29, 1.82) is 0 Å². The number of hydrogen-bond donors (Lipinski definition) is 2. The van der Waals surface area contributed by atoms with E-state index in [4.69, 9.17) is 9.47 Å². The van der Waals surface area contributed by atoms with E-state index in [0.29, 0.717) is 10.6 Å². The fourth-order valence-electron chi connectivity index (χ4n) is 2.41. The molecule has 7 heteroatoms. The number of nitrogens with one attached hydrogen (secondary N) is 1. The van der Waals surface area contributed by atoms with Crippen LogP contribution in [-0.2, 0) is 11.3 Å². The van der Waals surface area contributed by atoms with Gasteiger partial charge in [0, 0.05) is 4.88 Å². The Balaban J connectivity index is 1.74. The summed E-state index contributed by atoms with van der Waals surface area (Å²) < 4.78 is 10.3. The van der Waals surface area contributed by atoms with Crippen LogP contribution in [0.25, 0.3) is 10.4 Å². The molecule has 0 aliphatic carbocycles. The van der Waals surface area contributed by atoms with E-state index in [-0.39, 0.29) is 17.2 Å². The molecule has 27 heavy (non-hydrogen) atoms. The van der Waals surface area contributed by atoms with Crippen LogP contribution in [0.5, 0.6) is 5.75 Å². The zero-order valence-electron chi connectivity index (χ0n) is 14.5. The molecular weight excluding hydrogens is 366 g/mol. The minimum absolute atomic E-state index is 0.0393. The van der Waals surface area contributed by atoms with Gasteiger partial charge >= 0.3 is 12.1 Å². The Bertz CT molecular complexity index is 935. The van der Waals surface area contributed by atoms with Crippen molar-refractivity contribution in [3.05, 3.63) is 71.1 Å². The van der Waals surface area contributed by atoms with Crippen molar-refractivity contribution in [3.8, 4) is 16.2 Å². The molecule has 3 rings (SSSR count).